The fraction of sp³-hybridized carbons (Fsp3) is 0.182. The first kappa shape index (κ1) is 11.2. The molecule has 0 fully saturated rings. The highest BCUT2D eigenvalue weighted by Crippen LogP contribution is 2.33. The Morgan fingerprint density at radius 3 is 2.62 bits per heavy atom. The lowest BCUT2D eigenvalue weighted by Gasteiger charge is -2.03. The summed E-state index contributed by atoms with van der Waals surface area (Å²) in [7, 11) is 3.20. The van der Waals surface area contributed by atoms with Gasteiger partial charge < -0.3 is 9.47 Å². The number of halogens is 1. The lowest BCUT2D eigenvalue weighted by atomic mass is 10.2. The Hall–Kier alpha value is -1.26. The van der Waals surface area contributed by atoms with Gasteiger partial charge in [0.25, 0.3) is 5.19 Å². The Kier molecular flexibility index (Phi) is 3.31. The van der Waals surface area contributed by atoms with E-state index in [9.17, 15) is 0 Å². The van der Waals surface area contributed by atoms with Crippen molar-refractivity contribution < 1.29 is 9.47 Å². The van der Waals surface area contributed by atoms with Crippen LogP contribution >= 0.6 is 22.9 Å². The van der Waals surface area contributed by atoms with E-state index in [2.05, 4.69) is 4.98 Å². The highest BCUT2D eigenvalue weighted by atomic mass is 35.5. The Balaban J connectivity index is 2.40. The van der Waals surface area contributed by atoms with Crippen molar-refractivity contribution in [2.75, 3.05) is 14.2 Å². The summed E-state index contributed by atoms with van der Waals surface area (Å²) in [6, 6.07) is 5.51. The van der Waals surface area contributed by atoms with Crippen LogP contribution in [0.1, 0.15) is 0 Å². The van der Waals surface area contributed by atoms with Crippen molar-refractivity contribution >= 4 is 22.9 Å². The first-order valence-electron chi connectivity index (χ1n) is 4.58. The van der Waals surface area contributed by atoms with Crippen molar-refractivity contribution in [3.8, 4) is 22.2 Å². The van der Waals surface area contributed by atoms with E-state index in [0.717, 1.165) is 17.0 Å². The molecule has 2 rings (SSSR count). The van der Waals surface area contributed by atoms with Crippen molar-refractivity contribution in [3.63, 3.8) is 0 Å². The molecule has 0 radical (unpaired) electrons. The maximum Gasteiger partial charge on any atom is 0.273 e. The summed E-state index contributed by atoms with van der Waals surface area (Å²) in [6.45, 7) is 0. The smallest absolute Gasteiger partial charge is 0.273 e. The first-order valence-corrected chi connectivity index (χ1v) is 5.84. The van der Waals surface area contributed by atoms with Crippen LogP contribution in [0.2, 0.25) is 5.02 Å². The second-order valence-electron chi connectivity index (χ2n) is 3.05. The van der Waals surface area contributed by atoms with Crippen molar-refractivity contribution in [1.29, 1.82) is 0 Å². The van der Waals surface area contributed by atoms with Gasteiger partial charge >= 0.3 is 0 Å². The van der Waals surface area contributed by atoms with Crippen LogP contribution in [0.5, 0.6) is 10.9 Å². The SMILES string of the molecule is COc1ccc(-c2csc(OC)n2)c(Cl)c1. The fourth-order valence-electron chi connectivity index (χ4n) is 1.31. The summed E-state index contributed by atoms with van der Waals surface area (Å²) in [5, 5.41) is 3.15. The molecule has 1 aromatic heterocycles. The monoisotopic (exact) mass is 255 g/mol. The molecule has 0 bridgehead atoms. The molecule has 0 aliphatic heterocycles. The van der Waals surface area contributed by atoms with Crippen molar-refractivity contribution in [1.82, 2.24) is 4.98 Å². The molecule has 0 atom stereocenters. The van der Waals surface area contributed by atoms with Gasteiger partial charge in [0, 0.05) is 10.9 Å². The quantitative estimate of drug-likeness (QED) is 0.841. The van der Waals surface area contributed by atoms with Crippen LogP contribution in [-0.4, -0.2) is 19.2 Å². The second kappa shape index (κ2) is 4.72. The van der Waals surface area contributed by atoms with Gasteiger partial charge in [0.1, 0.15) is 5.75 Å². The van der Waals surface area contributed by atoms with E-state index in [4.69, 9.17) is 21.1 Å². The van der Waals surface area contributed by atoms with Gasteiger partial charge in [0.05, 0.1) is 24.9 Å². The number of hydrogen-bond acceptors (Lipinski definition) is 4. The van der Waals surface area contributed by atoms with Crippen LogP contribution < -0.4 is 9.47 Å². The number of nitrogens with zero attached hydrogens (tertiary/aromatic N) is 1. The largest absolute Gasteiger partial charge is 0.497 e. The average Bonchev–Trinajstić information content (AvgIpc) is 2.77. The van der Waals surface area contributed by atoms with Crippen LogP contribution in [0, 0.1) is 0 Å². The van der Waals surface area contributed by atoms with Crippen LogP contribution in [0.15, 0.2) is 23.6 Å². The van der Waals surface area contributed by atoms with E-state index in [0.29, 0.717) is 10.2 Å². The fourth-order valence-corrected chi connectivity index (χ4v) is 2.21. The Labute approximate surface area is 103 Å². The van der Waals surface area contributed by atoms with Gasteiger partial charge in [-0.3, -0.25) is 0 Å². The molecule has 2 aromatic rings. The van der Waals surface area contributed by atoms with Gasteiger partial charge in [-0.2, -0.15) is 0 Å². The molecule has 5 heteroatoms. The summed E-state index contributed by atoms with van der Waals surface area (Å²) in [5.74, 6) is 0.732. The van der Waals surface area contributed by atoms with E-state index in [-0.39, 0.29) is 0 Å². The zero-order valence-corrected chi connectivity index (χ0v) is 10.4. The molecule has 0 aliphatic rings. The number of rotatable bonds is 3. The third kappa shape index (κ3) is 2.13. The third-order valence-electron chi connectivity index (χ3n) is 2.11. The minimum absolute atomic E-state index is 0.618. The zero-order chi connectivity index (χ0) is 11.5. The topological polar surface area (TPSA) is 31.4 Å². The summed E-state index contributed by atoms with van der Waals surface area (Å²) < 4.78 is 10.1. The number of hydrogen-bond donors (Lipinski definition) is 0. The summed E-state index contributed by atoms with van der Waals surface area (Å²) in [6.07, 6.45) is 0. The number of thiazole rings is 1. The lowest BCUT2D eigenvalue weighted by molar-refractivity contribution is 0.412. The molecule has 0 aliphatic carbocycles. The summed E-state index contributed by atoms with van der Waals surface area (Å²) >= 11 is 7.58. The highest BCUT2D eigenvalue weighted by Gasteiger charge is 2.09. The van der Waals surface area contributed by atoms with E-state index < -0.39 is 0 Å². The van der Waals surface area contributed by atoms with Crippen molar-refractivity contribution in [2.24, 2.45) is 0 Å². The Morgan fingerprint density at radius 2 is 2.06 bits per heavy atom. The van der Waals surface area contributed by atoms with Gasteiger partial charge in [-0.25, -0.2) is 4.98 Å². The molecule has 1 aromatic carbocycles. The summed E-state index contributed by atoms with van der Waals surface area (Å²) in [5.41, 5.74) is 1.69. The average molecular weight is 256 g/mol. The molecule has 0 spiro atoms. The minimum Gasteiger partial charge on any atom is -0.497 e. The molecule has 16 heavy (non-hydrogen) atoms. The third-order valence-corrected chi connectivity index (χ3v) is 3.22. The maximum absolute atomic E-state index is 6.14. The molecular formula is C11H10ClNO2S. The second-order valence-corrected chi connectivity index (χ2v) is 4.28. The summed E-state index contributed by atoms with van der Waals surface area (Å²) in [4.78, 5) is 4.29. The van der Waals surface area contributed by atoms with Crippen molar-refractivity contribution in [3.05, 3.63) is 28.6 Å². The number of ether oxygens (including phenoxy) is 2. The van der Waals surface area contributed by atoms with Crippen LogP contribution in [-0.2, 0) is 0 Å². The highest BCUT2D eigenvalue weighted by molar-refractivity contribution is 7.11. The number of benzene rings is 1. The van der Waals surface area contributed by atoms with E-state index in [1.165, 1.54) is 11.3 Å². The maximum atomic E-state index is 6.14. The molecule has 0 N–H and O–H groups in total. The molecular weight excluding hydrogens is 246 g/mol. The van der Waals surface area contributed by atoms with Gasteiger partial charge in [-0.15, -0.1) is 0 Å². The van der Waals surface area contributed by atoms with Gasteiger partial charge in [0.15, 0.2) is 0 Å². The molecule has 0 amide bonds. The predicted octanol–water partition coefficient (Wildman–Crippen LogP) is 3.48. The van der Waals surface area contributed by atoms with E-state index in [1.807, 2.05) is 17.5 Å². The molecule has 0 saturated carbocycles. The number of aromatic nitrogens is 1. The Bertz CT molecular complexity index is 498. The molecule has 3 nitrogen and oxygen atoms in total. The minimum atomic E-state index is 0.618. The van der Waals surface area contributed by atoms with Crippen LogP contribution in [0.25, 0.3) is 11.3 Å². The molecule has 0 saturated heterocycles. The normalized spacial score (nSPS) is 10.2. The van der Waals surface area contributed by atoms with Gasteiger partial charge in [-0.1, -0.05) is 22.9 Å². The Morgan fingerprint density at radius 1 is 1.25 bits per heavy atom. The van der Waals surface area contributed by atoms with E-state index >= 15 is 0 Å². The first-order chi connectivity index (χ1) is 7.74. The number of methoxy groups -OCH3 is 2. The van der Waals surface area contributed by atoms with Crippen LogP contribution in [0.3, 0.4) is 0 Å². The van der Waals surface area contributed by atoms with Crippen molar-refractivity contribution in [2.45, 2.75) is 0 Å². The lowest BCUT2D eigenvalue weighted by Crippen LogP contribution is -1.85. The standard InChI is InChI=1S/C11H10ClNO2S/c1-14-7-3-4-8(9(12)5-7)10-6-16-11(13-10)15-2/h3-6H,1-2H3. The van der Waals surface area contributed by atoms with E-state index in [1.54, 1.807) is 20.3 Å². The predicted molar refractivity (Wildman–Crippen MR) is 65.7 cm³/mol. The molecule has 0 unspecified atom stereocenters. The van der Waals surface area contributed by atoms with Gasteiger partial charge in [0.2, 0.25) is 0 Å². The zero-order valence-electron chi connectivity index (χ0n) is 8.86. The molecule has 1 heterocycles. The molecule has 84 valence electrons. The van der Waals surface area contributed by atoms with Gasteiger partial charge in [-0.05, 0) is 18.2 Å². The van der Waals surface area contributed by atoms with Crippen LogP contribution in [0.4, 0.5) is 0 Å².